The van der Waals surface area contributed by atoms with E-state index in [-0.39, 0.29) is 6.42 Å². The molecule has 0 saturated heterocycles. The monoisotopic (exact) mass is 393 g/mol. The molecule has 0 aromatic heterocycles. The van der Waals surface area contributed by atoms with Crippen molar-refractivity contribution in [1.29, 1.82) is 0 Å². The zero-order valence-corrected chi connectivity index (χ0v) is 15.4. The molecule has 0 saturated carbocycles. The molecule has 3 rings (SSSR count). The summed E-state index contributed by atoms with van der Waals surface area (Å²) in [6.45, 7) is 1.95. The third kappa shape index (κ3) is 4.03. The Kier molecular flexibility index (Phi) is 5.25. The Morgan fingerprint density at radius 2 is 1.88 bits per heavy atom. The number of carboxylic acid groups (broad SMARTS) is 1. The molecule has 26 heavy (non-hydrogen) atoms. The summed E-state index contributed by atoms with van der Waals surface area (Å²) < 4.78 is 0. The molecular formula is C18H17Cl2N3O3. The van der Waals surface area contributed by atoms with Crippen molar-refractivity contribution >= 4 is 46.6 Å². The third-order valence-corrected chi connectivity index (χ3v) is 4.69. The topological polar surface area (TPSA) is 90.5 Å². The fourth-order valence-electron chi connectivity index (χ4n) is 2.91. The van der Waals surface area contributed by atoms with E-state index in [1.54, 1.807) is 24.3 Å². The fraction of sp³-hybridized carbons (Fsp3) is 0.222. The minimum Gasteiger partial charge on any atom is -0.480 e. The van der Waals surface area contributed by atoms with Crippen LogP contribution in [0.15, 0.2) is 36.4 Å². The molecule has 136 valence electrons. The van der Waals surface area contributed by atoms with Crippen molar-refractivity contribution in [2.45, 2.75) is 25.4 Å². The summed E-state index contributed by atoms with van der Waals surface area (Å²) >= 11 is 12.3. The summed E-state index contributed by atoms with van der Waals surface area (Å²) in [5.74, 6) is -1.02. The molecular weight excluding hydrogens is 377 g/mol. The lowest BCUT2D eigenvalue weighted by Gasteiger charge is -2.32. The highest BCUT2D eigenvalue weighted by Crippen LogP contribution is 2.39. The number of nitrogens with one attached hydrogen (secondary N) is 3. The van der Waals surface area contributed by atoms with Gasteiger partial charge in [0.15, 0.2) is 0 Å². The lowest BCUT2D eigenvalue weighted by atomic mass is 9.93. The number of halogens is 2. The first kappa shape index (κ1) is 18.4. The van der Waals surface area contributed by atoms with Gasteiger partial charge in [-0.3, -0.25) is 0 Å². The van der Waals surface area contributed by atoms with Gasteiger partial charge in [0.05, 0.1) is 6.04 Å². The van der Waals surface area contributed by atoms with Gasteiger partial charge in [-0.05, 0) is 31.2 Å². The average molecular weight is 394 g/mol. The van der Waals surface area contributed by atoms with E-state index in [0.29, 0.717) is 27.0 Å². The Hall–Kier alpha value is -2.44. The second kappa shape index (κ2) is 7.43. The minimum absolute atomic E-state index is 0.158. The highest BCUT2D eigenvalue weighted by molar-refractivity contribution is 6.35. The summed E-state index contributed by atoms with van der Waals surface area (Å²) in [7, 11) is 0. The van der Waals surface area contributed by atoms with Crippen molar-refractivity contribution in [2.24, 2.45) is 0 Å². The predicted octanol–water partition coefficient (Wildman–Crippen LogP) is 4.43. The van der Waals surface area contributed by atoms with Gasteiger partial charge in [-0.25, -0.2) is 9.59 Å². The summed E-state index contributed by atoms with van der Waals surface area (Å²) in [6, 6.07) is 8.65. The van der Waals surface area contributed by atoms with Crippen LogP contribution in [0.5, 0.6) is 0 Å². The summed E-state index contributed by atoms with van der Waals surface area (Å²) in [5, 5.41) is 18.5. The number of hydrogen-bond acceptors (Lipinski definition) is 3. The predicted molar refractivity (Wildman–Crippen MR) is 102 cm³/mol. The first-order chi connectivity index (χ1) is 12.3. The standard InChI is InChI=1S/C18H17Cl2N3O3/c1-9-2-4-11(5-3-9)21-18(26)23-14-8-15(17(24)25)22-13-7-10(19)6-12(20)16(13)14/h2-7,14-15,22H,8H2,1H3,(H,24,25)(H2,21,23,26)/t14-,15+/m1/s1. The first-order valence-electron chi connectivity index (χ1n) is 7.96. The Labute approximate surface area is 160 Å². The maximum absolute atomic E-state index is 12.4. The zero-order chi connectivity index (χ0) is 18.8. The molecule has 2 aromatic rings. The van der Waals surface area contributed by atoms with E-state index in [9.17, 15) is 14.7 Å². The molecule has 0 unspecified atom stereocenters. The highest BCUT2D eigenvalue weighted by atomic mass is 35.5. The van der Waals surface area contributed by atoms with Crippen molar-refractivity contribution < 1.29 is 14.7 Å². The van der Waals surface area contributed by atoms with Crippen LogP contribution in [-0.4, -0.2) is 23.1 Å². The Bertz CT molecular complexity index is 856. The summed E-state index contributed by atoms with van der Waals surface area (Å²) in [6.07, 6.45) is 0.158. The lowest BCUT2D eigenvalue weighted by molar-refractivity contribution is -0.138. The van der Waals surface area contributed by atoms with E-state index in [1.165, 1.54) is 0 Å². The number of aryl methyl sites for hydroxylation is 1. The summed E-state index contributed by atoms with van der Waals surface area (Å²) in [4.78, 5) is 23.8. The van der Waals surface area contributed by atoms with Crippen LogP contribution in [0.25, 0.3) is 0 Å². The highest BCUT2D eigenvalue weighted by Gasteiger charge is 2.33. The molecule has 1 aliphatic heterocycles. The maximum atomic E-state index is 12.4. The molecule has 2 atom stereocenters. The SMILES string of the molecule is Cc1ccc(NC(=O)N[C@@H]2C[C@@H](C(=O)O)Nc3cc(Cl)cc(Cl)c32)cc1. The van der Waals surface area contributed by atoms with Crippen molar-refractivity contribution in [1.82, 2.24) is 5.32 Å². The van der Waals surface area contributed by atoms with E-state index >= 15 is 0 Å². The maximum Gasteiger partial charge on any atom is 0.326 e. The van der Waals surface area contributed by atoms with Crippen molar-refractivity contribution in [3.63, 3.8) is 0 Å². The number of carbonyl (C=O) groups excluding carboxylic acids is 1. The van der Waals surface area contributed by atoms with Crippen molar-refractivity contribution in [2.75, 3.05) is 10.6 Å². The number of rotatable bonds is 3. The largest absolute Gasteiger partial charge is 0.480 e. The lowest BCUT2D eigenvalue weighted by Crippen LogP contribution is -2.42. The number of carboxylic acids is 1. The zero-order valence-electron chi connectivity index (χ0n) is 13.8. The Balaban J connectivity index is 1.83. The van der Waals surface area contributed by atoms with Gasteiger partial charge >= 0.3 is 12.0 Å². The molecule has 1 heterocycles. The number of carbonyl (C=O) groups is 2. The first-order valence-corrected chi connectivity index (χ1v) is 8.71. The molecule has 1 aliphatic rings. The van der Waals surface area contributed by atoms with E-state index in [1.807, 2.05) is 19.1 Å². The van der Waals surface area contributed by atoms with Gasteiger partial charge < -0.3 is 21.1 Å². The molecule has 0 radical (unpaired) electrons. The number of urea groups is 1. The number of fused-ring (bicyclic) bond motifs is 1. The summed E-state index contributed by atoms with van der Waals surface area (Å²) in [5.41, 5.74) is 2.84. The van der Waals surface area contributed by atoms with Crippen LogP contribution >= 0.6 is 23.2 Å². The van der Waals surface area contributed by atoms with Crippen LogP contribution in [0, 0.1) is 6.92 Å². The van der Waals surface area contributed by atoms with Gasteiger partial charge in [-0.2, -0.15) is 0 Å². The number of benzene rings is 2. The van der Waals surface area contributed by atoms with Gasteiger partial charge in [0.2, 0.25) is 0 Å². The van der Waals surface area contributed by atoms with E-state index in [0.717, 1.165) is 5.56 Å². The molecule has 0 aliphatic carbocycles. The number of aliphatic carboxylic acids is 1. The molecule has 0 fully saturated rings. The molecule has 0 bridgehead atoms. The van der Waals surface area contributed by atoms with Crippen LogP contribution in [0.3, 0.4) is 0 Å². The normalized spacial score (nSPS) is 18.4. The van der Waals surface area contributed by atoms with Crippen molar-refractivity contribution in [3.8, 4) is 0 Å². The Morgan fingerprint density at radius 3 is 2.54 bits per heavy atom. The van der Waals surface area contributed by atoms with Gasteiger partial charge in [0, 0.05) is 33.4 Å². The molecule has 4 N–H and O–H groups in total. The van der Waals surface area contributed by atoms with Crippen molar-refractivity contribution in [3.05, 3.63) is 57.6 Å². The fourth-order valence-corrected chi connectivity index (χ4v) is 3.54. The molecule has 0 spiro atoms. The van der Waals surface area contributed by atoms with Crippen LogP contribution < -0.4 is 16.0 Å². The second-order valence-electron chi connectivity index (χ2n) is 6.14. The van der Waals surface area contributed by atoms with E-state index < -0.39 is 24.1 Å². The average Bonchev–Trinajstić information content (AvgIpc) is 2.55. The van der Waals surface area contributed by atoms with Crippen LogP contribution in [0.4, 0.5) is 16.2 Å². The van der Waals surface area contributed by atoms with Crippen LogP contribution in [0.2, 0.25) is 10.0 Å². The van der Waals surface area contributed by atoms with Gasteiger partial charge in [0.1, 0.15) is 6.04 Å². The van der Waals surface area contributed by atoms with Gasteiger partial charge in [0.25, 0.3) is 0 Å². The van der Waals surface area contributed by atoms with Gasteiger partial charge in [-0.1, -0.05) is 40.9 Å². The Morgan fingerprint density at radius 1 is 1.19 bits per heavy atom. The molecule has 6 nitrogen and oxygen atoms in total. The van der Waals surface area contributed by atoms with Crippen LogP contribution in [-0.2, 0) is 4.79 Å². The van der Waals surface area contributed by atoms with Gasteiger partial charge in [-0.15, -0.1) is 0 Å². The number of amides is 2. The van der Waals surface area contributed by atoms with Crippen LogP contribution in [0.1, 0.15) is 23.6 Å². The minimum atomic E-state index is -1.02. The number of anilines is 2. The number of hydrogen-bond donors (Lipinski definition) is 4. The van der Waals surface area contributed by atoms with E-state index in [2.05, 4.69) is 16.0 Å². The smallest absolute Gasteiger partial charge is 0.326 e. The molecule has 2 aromatic carbocycles. The third-order valence-electron chi connectivity index (χ3n) is 4.16. The quantitative estimate of drug-likeness (QED) is 0.620. The van der Waals surface area contributed by atoms with E-state index in [4.69, 9.17) is 23.2 Å². The molecule has 2 amide bonds. The second-order valence-corrected chi connectivity index (χ2v) is 6.98. The molecule has 8 heteroatoms.